The third-order valence-corrected chi connectivity index (χ3v) is 3.04. The van der Waals surface area contributed by atoms with Gasteiger partial charge in [-0.1, -0.05) is 15.8 Å². The van der Waals surface area contributed by atoms with Crippen molar-refractivity contribution in [3.8, 4) is 0 Å². The molecule has 0 aromatic carbocycles. The number of hydrogen-bond acceptors (Lipinski definition) is 4. The monoisotopic (exact) mass is 275 g/mol. The molecule has 1 aromatic rings. The van der Waals surface area contributed by atoms with Crippen molar-refractivity contribution in [3.05, 3.63) is 23.3 Å². The summed E-state index contributed by atoms with van der Waals surface area (Å²) in [7, 11) is -4.07. The zero-order valence-corrected chi connectivity index (χ0v) is 9.14. The highest BCUT2D eigenvalue weighted by molar-refractivity contribution is 7.89. The minimum Gasteiger partial charge on any atom is -0.206 e. The number of aromatic nitrogens is 3. The van der Waals surface area contributed by atoms with Crippen LogP contribution in [-0.2, 0) is 10.0 Å². The van der Waals surface area contributed by atoms with Gasteiger partial charge in [-0.2, -0.15) is 8.78 Å². The average molecular weight is 276 g/mol. The van der Waals surface area contributed by atoms with E-state index in [4.69, 9.17) is 11.6 Å². The van der Waals surface area contributed by atoms with Gasteiger partial charge in [0.1, 0.15) is 0 Å². The molecule has 0 spiro atoms. The van der Waals surface area contributed by atoms with Crippen molar-refractivity contribution >= 4 is 21.6 Å². The van der Waals surface area contributed by atoms with Crippen LogP contribution in [0.1, 0.15) is 6.42 Å². The van der Waals surface area contributed by atoms with Crippen LogP contribution in [0.15, 0.2) is 18.1 Å². The fraction of sp³-hybridized carbons (Fsp3) is 0.333. The molecular formula is C6H5ClF3N3O2S. The lowest BCUT2D eigenvalue weighted by Gasteiger charge is -2.00. The van der Waals surface area contributed by atoms with Crippen molar-refractivity contribution in [2.45, 2.75) is 6.42 Å². The van der Waals surface area contributed by atoms with E-state index in [-0.39, 0.29) is 9.35 Å². The molecule has 1 heterocycles. The molecule has 16 heavy (non-hydrogen) atoms. The Labute approximate surface area is 93.6 Å². The molecule has 0 bridgehead atoms. The van der Waals surface area contributed by atoms with Gasteiger partial charge >= 0.3 is 6.08 Å². The second-order valence-corrected chi connectivity index (χ2v) is 4.91. The van der Waals surface area contributed by atoms with Crippen molar-refractivity contribution in [1.29, 1.82) is 0 Å². The van der Waals surface area contributed by atoms with E-state index >= 15 is 0 Å². The smallest absolute Gasteiger partial charge is 0.206 e. The molecule has 0 amide bonds. The quantitative estimate of drug-likeness (QED) is 0.837. The molecule has 0 atom stereocenters. The molecule has 0 radical (unpaired) electrons. The molecule has 0 aliphatic carbocycles. The Morgan fingerprint density at radius 2 is 2.06 bits per heavy atom. The van der Waals surface area contributed by atoms with Crippen LogP contribution in [0.3, 0.4) is 0 Å². The zero-order valence-electron chi connectivity index (χ0n) is 7.57. The van der Waals surface area contributed by atoms with E-state index in [0.717, 1.165) is 6.20 Å². The van der Waals surface area contributed by atoms with Gasteiger partial charge in [-0.25, -0.2) is 12.8 Å². The Balaban J connectivity index is 2.78. The molecule has 0 aliphatic rings. The third-order valence-electron chi connectivity index (χ3n) is 1.48. The minimum absolute atomic E-state index is 0.170. The third kappa shape index (κ3) is 3.20. The first kappa shape index (κ1) is 13.0. The summed E-state index contributed by atoms with van der Waals surface area (Å²) >= 11 is 5.32. The normalized spacial score (nSPS) is 11.5. The van der Waals surface area contributed by atoms with Gasteiger partial charge in [-0.3, -0.25) is 0 Å². The van der Waals surface area contributed by atoms with Gasteiger partial charge in [0.25, 0.3) is 10.0 Å². The van der Waals surface area contributed by atoms with E-state index in [0.29, 0.717) is 0 Å². The largest absolute Gasteiger partial charge is 0.301 e. The lowest BCUT2D eigenvalue weighted by Crippen LogP contribution is -2.19. The highest BCUT2D eigenvalue weighted by Crippen LogP contribution is 2.14. The fourth-order valence-corrected chi connectivity index (χ4v) is 1.92. The average Bonchev–Trinajstić information content (AvgIpc) is 2.61. The molecule has 0 unspecified atom stereocenters. The Hall–Kier alpha value is -1.09. The Morgan fingerprint density at radius 1 is 1.44 bits per heavy atom. The Kier molecular flexibility index (Phi) is 3.92. The van der Waals surface area contributed by atoms with E-state index in [9.17, 15) is 21.6 Å². The van der Waals surface area contributed by atoms with Gasteiger partial charge in [0.05, 0.1) is 11.9 Å². The van der Waals surface area contributed by atoms with Gasteiger partial charge in [-0.15, -0.1) is 10.2 Å². The first-order chi connectivity index (χ1) is 7.33. The first-order valence-corrected chi connectivity index (χ1v) is 5.82. The van der Waals surface area contributed by atoms with Crippen LogP contribution in [0.4, 0.5) is 13.2 Å². The lowest BCUT2D eigenvalue weighted by atomic mass is 10.4. The van der Waals surface area contributed by atoms with Crippen molar-refractivity contribution in [2.75, 3.05) is 5.75 Å². The summed E-state index contributed by atoms with van der Waals surface area (Å²) in [6.07, 6.45) is -2.52. The van der Waals surface area contributed by atoms with Crippen LogP contribution >= 0.6 is 11.6 Å². The minimum atomic E-state index is -4.07. The van der Waals surface area contributed by atoms with E-state index in [1.165, 1.54) is 0 Å². The van der Waals surface area contributed by atoms with Crippen LogP contribution in [0.2, 0.25) is 5.15 Å². The summed E-state index contributed by atoms with van der Waals surface area (Å²) in [5.41, 5.74) is 0. The van der Waals surface area contributed by atoms with Crippen LogP contribution in [0.5, 0.6) is 0 Å². The van der Waals surface area contributed by atoms with E-state index in [1.54, 1.807) is 0 Å². The van der Waals surface area contributed by atoms with Crippen LogP contribution < -0.4 is 0 Å². The number of rotatable bonds is 4. The SMILES string of the molecule is O=S(=O)(CCC(F)=C(F)F)n1ncc(Cl)n1. The summed E-state index contributed by atoms with van der Waals surface area (Å²) in [4.78, 5) is 0. The van der Waals surface area contributed by atoms with E-state index in [2.05, 4.69) is 10.2 Å². The summed E-state index contributed by atoms with van der Waals surface area (Å²) < 4.78 is 58.6. The van der Waals surface area contributed by atoms with Gasteiger partial charge in [0.15, 0.2) is 11.0 Å². The molecule has 0 saturated heterocycles. The van der Waals surface area contributed by atoms with E-state index in [1.807, 2.05) is 0 Å². The standard InChI is InChI=1S/C6H5ClF3N3O2S/c7-5-3-11-13(12-5)16(14,15)2-1-4(8)6(9)10/h3H,1-2H2. The van der Waals surface area contributed by atoms with Crippen molar-refractivity contribution < 1.29 is 21.6 Å². The maximum atomic E-state index is 12.4. The molecule has 90 valence electrons. The Bertz CT molecular complexity index is 509. The second-order valence-electron chi connectivity index (χ2n) is 2.62. The summed E-state index contributed by atoms with van der Waals surface area (Å²) in [6, 6.07) is 0. The molecule has 0 fully saturated rings. The summed E-state index contributed by atoms with van der Waals surface area (Å²) in [6.45, 7) is 0. The van der Waals surface area contributed by atoms with Crippen LogP contribution in [-0.4, -0.2) is 28.6 Å². The predicted molar refractivity (Wildman–Crippen MR) is 49.2 cm³/mol. The van der Waals surface area contributed by atoms with Crippen molar-refractivity contribution in [1.82, 2.24) is 14.4 Å². The molecule has 10 heteroatoms. The summed E-state index contributed by atoms with van der Waals surface area (Å²) in [5, 5.41) is 6.36. The molecule has 1 aromatic heterocycles. The molecule has 0 saturated carbocycles. The van der Waals surface area contributed by atoms with Crippen molar-refractivity contribution in [2.24, 2.45) is 0 Å². The Morgan fingerprint density at radius 3 is 2.50 bits per heavy atom. The highest BCUT2D eigenvalue weighted by atomic mass is 35.5. The van der Waals surface area contributed by atoms with Crippen molar-refractivity contribution in [3.63, 3.8) is 0 Å². The number of allylic oxidation sites excluding steroid dienone is 1. The topological polar surface area (TPSA) is 64.8 Å². The summed E-state index contributed by atoms with van der Waals surface area (Å²) in [5.74, 6) is -2.65. The van der Waals surface area contributed by atoms with Gasteiger partial charge in [0.2, 0.25) is 0 Å². The molecule has 1 rings (SSSR count). The fourth-order valence-electron chi connectivity index (χ4n) is 0.759. The second kappa shape index (κ2) is 4.83. The van der Waals surface area contributed by atoms with Gasteiger partial charge in [0, 0.05) is 6.42 Å². The van der Waals surface area contributed by atoms with Crippen LogP contribution in [0, 0.1) is 0 Å². The van der Waals surface area contributed by atoms with Crippen LogP contribution in [0.25, 0.3) is 0 Å². The van der Waals surface area contributed by atoms with Gasteiger partial charge < -0.3 is 0 Å². The predicted octanol–water partition coefficient (Wildman–Crippen LogP) is 1.58. The molecule has 0 N–H and O–H groups in total. The van der Waals surface area contributed by atoms with Gasteiger partial charge in [-0.05, 0) is 0 Å². The maximum absolute atomic E-state index is 12.4. The molecule has 5 nitrogen and oxygen atoms in total. The van der Waals surface area contributed by atoms with E-state index < -0.39 is 34.1 Å². The number of halogens is 4. The number of hydrogen-bond donors (Lipinski definition) is 0. The maximum Gasteiger partial charge on any atom is 0.301 e. The zero-order chi connectivity index (χ0) is 12.3. The lowest BCUT2D eigenvalue weighted by molar-refractivity contribution is 0.373. The first-order valence-electron chi connectivity index (χ1n) is 3.83. The molecular weight excluding hydrogens is 271 g/mol. The number of nitrogens with zero attached hydrogens (tertiary/aromatic N) is 3. The molecule has 0 aliphatic heterocycles. The highest BCUT2D eigenvalue weighted by Gasteiger charge is 2.18.